The number of carbonyl (C=O) groups excluding carboxylic acids is 2. The molecule has 5 nitrogen and oxygen atoms in total. The quantitative estimate of drug-likeness (QED) is 0.379. The number of rotatable bonds is 1. The third-order valence-electron chi connectivity index (χ3n) is 7.60. The van der Waals surface area contributed by atoms with Crippen LogP contribution in [0.4, 0.5) is 0 Å². The first-order valence-electron chi connectivity index (χ1n) is 11.0. The van der Waals surface area contributed by atoms with E-state index in [-0.39, 0.29) is 53.1 Å². The Morgan fingerprint density at radius 1 is 1.29 bits per heavy atom. The van der Waals surface area contributed by atoms with E-state index in [0.717, 1.165) is 51.4 Å². The molecule has 0 amide bonds. The molecule has 0 aromatic rings. The van der Waals surface area contributed by atoms with Crippen LogP contribution in [0.2, 0.25) is 0 Å². The van der Waals surface area contributed by atoms with Gasteiger partial charge in [-0.15, -0.1) is 0 Å². The van der Waals surface area contributed by atoms with Gasteiger partial charge in [-0.1, -0.05) is 18.6 Å². The summed E-state index contributed by atoms with van der Waals surface area (Å²) in [6.07, 6.45) is 9.49. The van der Waals surface area contributed by atoms with Crippen LogP contribution in [0.1, 0.15) is 79.1 Å². The summed E-state index contributed by atoms with van der Waals surface area (Å²) in [4.78, 5) is 24.6. The molecular weight excluding hydrogens is 356 g/mol. The lowest BCUT2D eigenvalue weighted by molar-refractivity contribution is -0.166. The third kappa shape index (κ3) is 3.62. The van der Waals surface area contributed by atoms with Gasteiger partial charge in [0, 0.05) is 12.8 Å². The summed E-state index contributed by atoms with van der Waals surface area (Å²) >= 11 is 0. The molecule has 2 saturated heterocycles. The van der Waals surface area contributed by atoms with E-state index in [4.69, 9.17) is 14.2 Å². The highest BCUT2D eigenvalue weighted by Crippen LogP contribution is 2.62. The Bertz CT molecular complexity index is 678. The van der Waals surface area contributed by atoms with E-state index < -0.39 is 0 Å². The van der Waals surface area contributed by atoms with E-state index in [1.807, 2.05) is 0 Å². The molecule has 0 radical (unpaired) electrons. The van der Waals surface area contributed by atoms with E-state index >= 15 is 0 Å². The molecule has 2 heterocycles. The minimum atomic E-state index is -0.372. The van der Waals surface area contributed by atoms with Crippen LogP contribution in [0, 0.1) is 17.3 Å². The number of esters is 2. The molecule has 5 heteroatoms. The van der Waals surface area contributed by atoms with E-state index in [9.17, 15) is 9.59 Å². The first-order valence-corrected chi connectivity index (χ1v) is 11.0. The van der Waals surface area contributed by atoms with Gasteiger partial charge in [0.05, 0.1) is 17.1 Å². The number of ether oxygens (including phenoxy) is 3. The van der Waals surface area contributed by atoms with Gasteiger partial charge >= 0.3 is 11.9 Å². The molecular formula is C23H34O5. The summed E-state index contributed by atoms with van der Waals surface area (Å²) in [5.41, 5.74) is 0.954. The van der Waals surface area contributed by atoms with Gasteiger partial charge in [0.25, 0.3) is 0 Å². The molecule has 4 rings (SSSR count). The zero-order valence-electron chi connectivity index (χ0n) is 17.7. The monoisotopic (exact) mass is 390 g/mol. The van der Waals surface area contributed by atoms with Gasteiger partial charge in [-0.05, 0) is 71.1 Å². The lowest BCUT2D eigenvalue weighted by Gasteiger charge is -2.32. The lowest BCUT2D eigenvalue weighted by Crippen LogP contribution is -2.41. The van der Waals surface area contributed by atoms with Crippen molar-refractivity contribution in [3.8, 4) is 0 Å². The smallest absolute Gasteiger partial charge is 0.312 e. The van der Waals surface area contributed by atoms with Crippen LogP contribution in [-0.2, 0) is 23.8 Å². The van der Waals surface area contributed by atoms with Gasteiger partial charge in [-0.3, -0.25) is 9.59 Å². The van der Waals surface area contributed by atoms with Crippen LogP contribution in [-0.4, -0.2) is 35.9 Å². The second-order valence-corrected chi connectivity index (χ2v) is 9.82. The normalized spacial score (nSPS) is 44.4. The number of epoxide rings is 1. The fourth-order valence-electron chi connectivity index (χ4n) is 5.47. The zero-order valence-corrected chi connectivity index (χ0v) is 17.7. The molecule has 6 atom stereocenters. The van der Waals surface area contributed by atoms with Crippen LogP contribution in [0.15, 0.2) is 11.6 Å². The number of hydrogen-bond acceptors (Lipinski definition) is 5. The molecule has 0 aromatic heterocycles. The molecule has 28 heavy (non-hydrogen) atoms. The van der Waals surface area contributed by atoms with Crippen molar-refractivity contribution in [1.29, 1.82) is 0 Å². The van der Waals surface area contributed by atoms with Crippen molar-refractivity contribution in [1.82, 2.24) is 0 Å². The van der Waals surface area contributed by atoms with Crippen molar-refractivity contribution < 1.29 is 23.8 Å². The number of hydrogen-bond donors (Lipinski definition) is 0. The fourth-order valence-corrected chi connectivity index (χ4v) is 5.47. The summed E-state index contributed by atoms with van der Waals surface area (Å²) in [7, 11) is 0. The van der Waals surface area contributed by atoms with Gasteiger partial charge in [-0.25, -0.2) is 0 Å². The minimum absolute atomic E-state index is 0.0823. The van der Waals surface area contributed by atoms with Crippen molar-refractivity contribution in [3.63, 3.8) is 0 Å². The lowest BCUT2D eigenvalue weighted by atomic mass is 9.77. The molecule has 1 saturated carbocycles. The average Bonchev–Trinajstić information content (AvgIpc) is 3.50. The van der Waals surface area contributed by atoms with E-state index in [2.05, 4.69) is 26.8 Å². The van der Waals surface area contributed by atoms with Crippen LogP contribution in [0.3, 0.4) is 0 Å². The highest BCUT2D eigenvalue weighted by atomic mass is 16.6. The fraction of sp³-hybridized carbons (Fsp3) is 0.826. The van der Waals surface area contributed by atoms with E-state index in [1.165, 1.54) is 12.5 Å². The molecule has 3 fully saturated rings. The minimum Gasteiger partial charge on any atom is -0.458 e. The summed E-state index contributed by atoms with van der Waals surface area (Å²) in [6.45, 7) is 7.95. The van der Waals surface area contributed by atoms with Crippen LogP contribution >= 0.6 is 0 Å². The number of carbonyl (C=O) groups is 2. The summed E-state index contributed by atoms with van der Waals surface area (Å²) in [5, 5.41) is 0. The van der Waals surface area contributed by atoms with Gasteiger partial charge in [0.15, 0.2) is 0 Å². The van der Waals surface area contributed by atoms with Crippen molar-refractivity contribution in [2.45, 2.75) is 103 Å². The topological polar surface area (TPSA) is 65.1 Å². The maximum absolute atomic E-state index is 12.7. The Hall–Kier alpha value is -1.36. The molecule has 4 aliphatic rings. The first kappa shape index (κ1) is 19.9. The molecule has 0 N–H and O–H groups in total. The highest BCUT2D eigenvalue weighted by molar-refractivity contribution is 5.83. The number of allylic oxidation sites excluding steroid dienone is 2. The second-order valence-electron chi connectivity index (χ2n) is 9.82. The molecule has 2 aliphatic carbocycles. The summed E-state index contributed by atoms with van der Waals surface area (Å²) in [6, 6.07) is 0. The summed E-state index contributed by atoms with van der Waals surface area (Å²) in [5.74, 6) is -0.150. The van der Waals surface area contributed by atoms with Gasteiger partial charge in [0.2, 0.25) is 0 Å². The predicted octanol–water partition coefficient (Wildman–Crippen LogP) is 4.33. The average molecular weight is 391 g/mol. The Balaban J connectivity index is 1.62. The van der Waals surface area contributed by atoms with E-state index in [1.54, 1.807) is 0 Å². The maximum Gasteiger partial charge on any atom is 0.312 e. The summed E-state index contributed by atoms with van der Waals surface area (Å²) < 4.78 is 17.8. The molecule has 1 unspecified atom stereocenters. The van der Waals surface area contributed by atoms with Gasteiger partial charge in [-0.2, -0.15) is 0 Å². The number of fused-ring (bicyclic) bond motifs is 3. The van der Waals surface area contributed by atoms with Crippen molar-refractivity contribution in [3.05, 3.63) is 11.6 Å². The second kappa shape index (κ2) is 7.16. The Kier molecular flexibility index (Phi) is 5.09. The Morgan fingerprint density at radius 3 is 2.71 bits per heavy atom. The van der Waals surface area contributed by atoms with Gasteiger partial charge < -0.3 is 14.2 Å². The van der Waals surface area contributed by atoms with E-state index in [0.29, 0.717) is 0 Å². The van der Waals surface area contributed by atoms with Crippen molar-refractivity contribution in [2.75, 3.05) is 0 Å². The first-order chi connectivity index (χ1) is 13.2. The third-order valence-corrected chi connectivity index (χ3v) is 7.60. The molecule has 2 aliphatic heterocycles. The van der Waals surface area contributed by atoms with Crippen molar-refractivity contribution >= 4 is 11.9 Å². The predicted molar refractivity (Wildman–Crippen MR) is 104 cm³/mol. The van der Waals surface area contributed by atoms with Gasteiger partial charge in [0.1, 0.15) is 12.2 Å². The van der Waals surface area contributed by atoms with Crippen LogP contribution in [0.25, 0.3) is 0 Å². The largest absolute Gasteiger partial charge is 0.458 e. The van der Waals surface area contributed by atoms with Crippen LogP contribution in [0.5, 0.6) is 0 Å². The SMILES string of the molecule is CC(=O)O[C@H]1[C@@H]2OC(=O)C3(CC3)C2C[C@H]2O[C@]2(C)CC/C=C(\C)CCC[C@@H]1C. The highest BCUT2D eigenvalue weighted by Gasteiger charge is 2.68. The van der Waals surface area contributed by atoms with Crippen molar-refractivity contribution in [2.24, 2.45) is 17.3 Å². The van der Waals surface area contributed by atoms with Crippen LogP contribution < -0.4 is 0 Å². The maximum atomic E-state index is 12.7. The molecule has 0 bridgehead atoms. The standard InChI is InChI=1S/C23H34O5/c1-14-7-5-9-15(2)19(26-16(3)24)20-17(23(11-12-23)21(25)27-20)13-18-22(4,28-18)10-6-8-14/h8,15,17-20H,5-7,9-13H2,1-4H3/b14-8+/t15-,17?,18+,19+,20+,22+/m0/s1. The zero-order chi connectivity index (χ0) is 20.1. The molecule has 0 aromatic carbocycles. The Morgan fingerprint density at radius 2 is 2.04 bits per heavy atom. The molecule has 1 spiro atoms. The molecule has 156 valence electrons. The Labute approximate surface area is 168 Å².